The summed E-state index contributed by atoms with van der Waals surface area (Å²) in [5.41, 5.74) is 0. The zero-order valence-electron chi connectivity index (χ0n) is 9.47. The van der Waals surface area contributed by atoms with Crippen LogP contribution in [-0.4, -0.2) is 26.3 Å². The molecule has 0 spiro atoms. The van der Waals surface area contributed by atoms with Crippen LogP contribution in [0.3, 0.4) is 0 Å². The van der Waals surface area contributed by atoms with Crippen LogP contribution in [0.1, 0.15) is 20.3 Å². The van der Waals surface area contributed by atoms with Gasteiger partial charge in [-0.1, -0.05) is 18.3 Å². The van der Waals surface area contributed by atoms with Gasteiger partial charge < -0.3 is 9.88 Å². The van der Waals surface area contributed by atoms with Gasteiger partial charge in [0.05, 0.1) is 0 Å². The number of hydrogen-bond acceptors (Lipinski definition) is 5. The van der Waals surface area contributed by atoms with E-state index < -0.39 is 0 Å². The maximum Gasteiger partial charge on any atom is 0.206 e. The molecule has 0 bridgehead atoms. The fourth-order valence-electron chi connectivity index (χ4n) is 1.38. The Morgan fingerprint density at radius 1 is 1.38 bits per heavy atom. The third-order valence-electron chi connectivity index (χ3n) is 2.20. The molecule has 0 saturated carbocycles. The van der Waals surface area contributed by atoms with Crippen LogP contribution in [-0.2, 0) is 6.54 Å². The van der Waals surface area contributed by atoms with Gasteiger partial charge in [0.1, 0.15) is 0 Å². The molecule has 2 heterocycles. The number of hydrogen-bond donors (Lipinski definition) is 1. The van der Waals surface area contributed by atoms with Crippen molar-refractivity contribution in [2.24, 2.45) is 0 Å². The SMILES string of the molecule is CCCNc1nnc(-c2nccn2CC)s1. The lowest BCUT2D eigenvalue weighted by Crippen LogP contribution is -1.98. The van der Waals surface area contributed by atoms with Crippen molar-refractivity contribution >= 4 is 16.5 Å². The number of aryl methyl sites for hydroxylation is 1. The molecule has 0 unspecified atom stereocenters. The fourth-order valence-corrected chi connectivity index (χ4v) is 2.16. The van der Waals surface area contributed by atoms with E-state index in [2.05, 4.69) is 38.9 Å². The third kappa shape index (κ3) is 2.21. The minimum Gasteiger partial charge on any atom is -0.360 e. The second kappa shape index (κ2) is 5.07. The highest BCUT2D eigenvalue weighted by atomic mass is 32.1. The molecule has 0 fully saturated rings. The molecule has 0 radical (unpaired) electrons. The van der Waals surface area contributed by atoms with Crippen LogP contribution >= 0.6 is 11.3 Å². The van der Waals surface area contributed by atoms with Gasteiger partial charge in [0.15, 0.2) is 10.8 Å². The van der Waals surface area contributed by atoms with E-state index in [1.54, 1.807) is 17.5 Å². The maximum absolute atomic E-state index is 4.29. The molecule has 0 aliphatic heterocycles. The summed E-state index contributed by atoms with van der Waals surface area (Å²) in [5.74, 6) is 0.893. The van der Waals surface area contributed by atoms with Gasteiger partial charge in [0, 0.05) is 25.5 Å². The van der Waals surface area contributed by atoms with Crippen LogP contribution in [0.2, 0.25) is 0 Å². The van der Waals surface area contributed by atoms with Gasteiger partial charge in [-0.15, -0.1) is 10.2 Å². The Morgan fingerprint density at radius 2 is 2.25 bits per heavy atom. The van der Waals surface area contributed by atoms with E-state index in [-0.39, 0.29) is 0 Å². The summed E-state index contributed by atoms with van der Waals surface area (Å²) in [5, 5.41) is 13.2. The lowest BCUT2D eigenvalue weighted by Gasteiger charge is -1.99. The summed E-state index contributed by atoms with van der Waals surface area (Å²) in [6, 6.07) is 0. The van der Waals surface area contributed by atoms with Gasteiger partial charge in [-0.05, 0) is 13.3 Å². The zero-order valence-corrected chi connectivity index (χ0v) is 10.3. The largest absolute Gasteiger partial charge is 0.360 e. The summed E-state index contributed by atoms with van der Waals surface area (Å²) in [4.78, 5) is 4.29. The molecule has 16 heavy (non-hydrogen) atoms. The van der Waals surface area contributed by atoms with Crippen LogP contribution in [0, 0.1) is 0 Å². The maximum atomic E-state index is 4.29. The van der Waals surface area contributed by atoms with Crippen LogP contribution in [0.4, 0.5) is 5.13 Å². The Balaban J connectivity index is 2.18. The Labute approximate surface area is 98.5 Å². The van der Waals surface area contributed by atoms with Gasteiger partial charge >= 0.3 is 0 Å². The van der Waals surface area contributed by atoms with Crippen LogP contribution in [0.25, 0.3) is 10.8 Å². The van der Waals surface area contributed by atoms with E-state index in [4.69, 9.17) is 0 Å². The summed E-state index contributed by atoms with van der Waals surface area (Å²) in [6.07, 6.45) is 4.83. The van der Waals surface area contributed by atoms with Crippen LogP contribution in [0.5, 0.6) is 0 Å². The normalized spacial score (nSPS) is 10.6. The quantitative estimate of drug-likeness (QED) is 0.866. The van der Waals surface area contributed by atoms with Crippen molar-refractivity contribution in [2.45, 2.75) is 26.8 Å². The molecule has 2 aromatic heterocycles. The van der Waals surface area contributed by atoms with Gasteiger partial charge in [-0.3, -0.25) is 0 Å². The average Bonchev–Trinajstić information content (AvgIpc) is 2.94. The topological polar surface area (TPSA) is 55.6 Å². The molecule has 1 N–H and O–H groups in total. The standard InChI is InChI=1S/C10H15N5S/c1-3-5-12-10-14-13-9(16-10)8-11-6-7-15(8)4-2/h6-7H,3-5H2,1-2H3,(H,12,14). The third-order valence-corrected chi connectivity index (χ3v) is 3.08. The lowest BCUT2D eigenvalue weighted by atomic mass is 10.5. The first-order chi connectivity index (χ1) is 7.85. The monoisotopic (exact) mass is 237 g/mol. The van der Waals surface area contributed by atoms with Crippen molar-refractivity contribution in [1.29, 1.82) is 0 Å². The van der Waals surface area contributed by atoms with Crippen molar-refractivity contribution in [3.8, 4) is 10.8 Å². The molecular weight excluding hydrogens is 222 g/mol. The molecule has 0 aliphatic rings. The first kappa shape index (κ1) is 11.1. The van der Waals surface area contributed by atoms with E-state index in [0.717, 1.165) is 35.5 Å². The second-order valence-electron chi connectivity index (χ2n) is 3.38. The van der Waals surface area contributed by atoms with Gasteiger partial charge in [0.25, 0.3) is 0 Å². The minimum absolute atomic E-state index is 0.863. The highest BCUT2D eigenvalue weighted by Gasteiger charge is 2.10. The summed E-state index contributed by atoms with van der Waals surface area (Å²) < 4.78 is 2.06. The van der Waals surface area contributed by atoms with Crippen molar-refractivity contribution in [3.63, 3.8) is 0 Å². The zero-order chi connectivity index (χ0) is 11.4. The first-order valence-electron chi connectivity index (χ1n) is 5.44. The van der Waals surface area contributed by atoms with E-state index >= 15 is 0 Å². The number of nitrogens with one attached hydrogen (secondary N) is 1. The number of rotatable bonds is 5. The highest BCUT2D eigenvalue weighted by Crippen LogP contribution is 2.24. The smallest absolute Gasteiger partial charge is 0.206 e. The average molecular weight is 237 g/mol. The molecule has 2 aromatic rings. The molecule has 5 nitrogen and oxygen atoms in total. The summed E-state index contributed by atoms with van der Waals surface area (Å²) in [7, 11) is 0. The highest BCUT2D eigenvalue weighted by molar-refractivity contribution is 7.18. The molecule has 0 aliphatic carbocycles. The Bertz CT molecular complexity index is 448. The van der Waals surface area contributed by atoms with Crippen molar-refractivity contribution in [2.75, 3.05) is 11.9 Å². The number of nitrogens with zero attached hydrogens (tertiary/aromatic N) is 4. The molecule has 2 rings (SSSR count). The van der Waals surface area contributed by atoms with Crippen molar-refractivity contribution < 1.29 is 0 Å². The molecular formula is C10H15N5S. The molecule has 0 saturated heterocycles. The van der Waals surface area contributed by atoms with Gasteiger partial charge in [0.2, 0.25) is 5.13 Å². The molecule has 86 valence electrons. The molecule has 0 aromatic carbocycles. The van der Waals surface area contributed by atoms with Crippen LogP contribution < -0.4 is 5.32 Å². The number of aromatic nitrogens is 4. The Hall–Kier alpha value is -1.43. The van der Waals surface area contributed by atoms with Crippen molar-refractivity contribution in [3.05, 3.63) is 12.4 Å². The predicted octanol–water partition coefficient (Wildman–Crippen LogP) is 2.24. The second-order valence-corrected chi connectivity index (χ2v) is 4.35. The van der Waals surface area contributed by atoms with Crippen LogP contribution in [0.15, 0.2) is 12.4 Å². The van der Waals surface area contributed by atoms with E-state index in [1.165, 1.54) is 0 Å². The van der Waals surface area contributed by atoms with E-state index in [1.807, 2.05) is 6.20 Å². The molecule has 6 heteroatoms. The van der Waals surface area contributed by atoms with Crippen molar-refractivity contribution in [1.82, 2.24) is 19.7 Å². The lowest BCUT2D eigenvalue weighted by molar-refractivity contribution is 0.768. The number of anilines is 1. The summed E-state index contributed by atoms with van der Waals surface area (Å²) >= 11 is 1.54. The number of imidazole rings is 1. The summed E-state index contributed by atoms with van der Waals surface area (Å²) in [6.45, 7) is 6.03. The predicted molar refractivity (Wildman–Crippen MR) is 65.6 cm³/mol. The molecule has 0 amide bonds. The molecule has 0 atom stereocenters. The fraction of sp³-hybridized carbons (Fsp3) is 0.500. The first-order valence-corrected chi connectivity index (χ1v) is 6.25. The Morgan fingerprint density at radius 3 is 3.00 bits per heavy atom. The van der Waals surface area contributed by atoms with Gasteiger partial charge in [-0.25, -0.2) is 4.98 Å². The van der Waals surface area contributed by atoms with E-state index in [0.29, 0.717) is 0 Å². The van der Waals surface area contributed by atoms with Gasteiger partial charge in [-0.2, -0.15) is 0 Å². The van der Waals surface area contributed by atoms with E-state index in [9.17, 15) is 0 Å². The minimum atomic E-state index is 0.863. The Kier molecular flexibility index (Phi) is 3.51.